The zero-order valence-electron chi connectivity index (χ0n) is 18.6. The lowest BCUT2D eigenvalue weighted by atomic mass is 9.91. The molecule has 0 aromatic carbocycles. The van der Waals surface area contributed by atoms with Crippen LogP contribution in [0.25, 0.3) is 0 Å². The van der Waals surface area contributed by atoms with Gasteiger partial charge in [0.2, 0.25) is 0 Å². The summed E-state index contributed by atoms with van der Waals surface area (Å²) in [7, 11) is -4.35. The van der Waals surface area contributed by atoms with Crippen molar-refractivity contribution >= 4 is 7.82 Å². The van der Waals surface area contributed by atoms with Crippen LogP contribution in [0.15, 0.2) is 0 Å². The van der Waals surface area contributed by atoms with E-state index in [9.17, 15) is 9.46 Å². The summed E-state index contributed by atoms with van der Waals surface area (Å²) in [6, 6.07) is 0. The van der Waals surface area contributed by atoms with Gasteiger partial charge >= 0.3 is 0 Å². The van der Waals surface area contributed by atoms with E-state index in [0.29, 0.717) is 25.7 Å². The summed E-state index contributed by atoms with van der Waals surface area (Å²) in [6.07, 6.45) is 10.7. The number of unbranched alkanes of at least 4 members (excludes halogenated alkanes) is 4. The van der Waals surface area contributed by atoms with Gasteiger partial charge in [-0.15, -0.1) is 0 Å². The molecular formula is C20H46NO4P. The van der Waals surface area contributed by atoms with Crippen molar-refractivity contribution in [1.29, 1.82) is 0 Å². The van der Waals surface area contributed by atoms with Crippen LogP contribution in [0.3, 0.4) is 0 Å². The zero-order valence-corrected chi connectivity index (χ0v) is 19.5. The number of rotatable bonds is 16. The molecule has 0 unspecified atom stereocenters. The molecule has 0 bridgehead atoms. The number of hydrogen-bond donors (Lipinski definition) is 1. The molecule has 0 aromatic rings. The fourth-order valence-electron chi connectivity index (χ4n) is 3.44. The summed E-state index contributed by atoms with van der Waals surface area (Å²) < 4.78 is 24.2. The van der Waals surface area contributed by atoms with E-state index in [4.69, 9.17) is 9.05 Å². The molecule has 0 rings (SSSR count). The number of quaternary nitrogens is 1. The van der Waals surface area contributed by atoms with Crippen LogP contribution in [0.2, 0.25) is 0 Å². The van der Waals surface area contributed by atoms with Crippen molar-refractivity contribution in [3.63, 3.8) is 0 Å². The first kappa shape index (κ1) is 28.3. The summed E-state index contributed by atoms with van der Waals surface area (Å²) >= 11 is 0. The van der Waals surface area contributed by atoms with Crippen LogP contribution < -0.4 is 11.0 Å². The Hall–Kier alpha value is 0.0700. The van der Waals surface area contributed by atoms with Crippen LogP contribution >= 0.6 is 7.82 Å². The standard InChI is InChI=1S/C20H43O4P.H3N/c1-7-13-15-17-19(9-3,10-4)23-25(21,22)24-20(11-5,12-6)18-16-14-8-2;/h7-18H2,1-6H3,(H,21,22);1H3. The molecule has 0 amide bonds. The van der Waals surface area contributed by atoms with E-state index in [-0.39, 0.29) is 6.15 Å². The third-order valence-electron chi connectivity index (χ3n) is 5.66. The Morgan fingerprint density at radius 1 is 0.692 bits per heavy atom. The highest BCUT2D eigenvalue weighted by molar-refractivity contribution is 7.46. The van der Waals surface area contributed by atoms with Gasteiger partial charge < -0.3 is 20.1 Å². The molecule has 5 nitrogen and oxygen atoms in total. The van der Waals surface area contributed by atoms with E-state index >= 15 is 0 Å². The average Bonchev–Trinajstić information content (AvgIpc) is 2.60. The van der Waals surface area contributed by atoms with Crippen LogP contribution in [0.4, 0.5) is 0 Å². The third kappa shape index (κ3) is 9.85. The van der Waals surface area contributed by atoms with Crippen LogP contribution in [0.5, 0.6) is 0 Å². The topological polar surface area (TPSA) is 95.1 Å². The summed E-state index contributed by atoms with van der Waals surface area (Å²) in [5, 5.41) is 0. The predicted molar refractivity (Wildman–Crippen MR) is 111 cm³/mol. The van der Waals surface area contributed by atoms with E-state index in [2.05, 4.69) is 13.8 Å². The van der Waals surface area contributed by atoms with Crippen molar-refractivity contribution < 1.29 is 18.5 Å². The van der Waals surface area contributed by atoms with Gasteiger partial charge in [0.25, 0.3) is 7.82 Å². The molecule has 0 aliphatic carbocycles. The Balaban J connectivity index is 0. The number of phosphoric acid groups is 1. The third-order valence-corrected chi connectivity index (χ3v) is 6.88. The summed E-state index contributed by atoms with van der Waals surface area (Å²) in [5.41, 5.74) is -1.24. The fraction of sp³-hybridized carbons (Fsp3) is 1.00. The van der Waals surface area contributed by atoms with Gasteiger partial charge in [-0.25, -0.2) is 0 Å². The molecule has 0 aliphatic heterocycles. The van der Waals surface area contributed by atoms with Gasteiger partial charge in [-0.2, -0.15) is 0 Å². The van der Waals surface area contributed by atoms with Crippen LogP contribution in [0.1, 0.15) is 119 Å². The first-order valence-electron chi connectivity index (χ1n) is 10.5. The van der Waals surface area contributed by atoms with Crippen LogP contribution in [-0.4, -0.2) is 11.2 Å². The maximum Gasteiger partial charge on any atom is 0.268 e. The molecule has 0 fully saturated rings. The minimum Gasteiger partial charge on any atom is -0.756 e. The van der Waals surface area contributed by atoms with Crippen molar-refractivity contribution in [1.82, 2.24) is 6.15 Å². The van der Waals surface area contributed by atoms with E-state index < -0.39 is 19.0 Å². The molecule has 0 saturated heterocycles. The smallest absolute Gasteiger partial charge is 0.268 e. The molecule has 160 valence electrons. The van der Waals surface area contributed by atoms with Crippen molar-refractivity contribution in [2.24, 2.45) is 0 Å². The molecule has 26 heavy (non-hydrogen) atoms. The second-order valence-electron chi connectivity index (χ2n) is 7.32. The molecule has 0 heterocycles. The Kier molecular flexibility index (Phi) is 15.4. The molecule has 0 spiro atoms. The van der Waals surface area contributed by atoms with Crippen molar-refractivity contribution in [2.75, 3.05) is 0 Å². The second-order valence-corrected chi connectivity index (χ2v) is 8.58. The summed E-state index contributed by atoms with van der Waals surface area (Å²) in [5.74, 6) is 0. The highest BCUT2D eigenvalue weighted by atomic mass is 31.2. The predicted octanol–water partition coefficient (Wildman–Crippen LogP) is 7.14. The summed E-state index contributed by atoms with van der Waals surface area (Å²) in [6.45, 7) is 12.3. The lowest BCUT2D eigenvalue weighted by Crippen LogP contribution is -2.37. The number of hydrogen-bond acceptors (Lipinski definition) is 4. The highest BCUT2D eigenvalue weighted by Gasteiger charge is 2.37. The van der Waals surface area contributed by atoms with E-state index in [1.54, 1.807) is 0 Å². The molecule has 0 atom stereocenters. The molecule has 0 aliphatic rings. The average molecular weight is 396 g/mol. The van der Waals surface area contributed by atoms with Gasteiger partial charge in [0.1, 0.15) is 0 Å². The largest absolute Gasteiger partial charge is 0.756 e. The van der Waals surface area contributed by atoms with Crippen LogP contribution in [0, 0.1) is 0 Å². The molecule has 0 radical (unpaired) electrons. The van der Waals surface area contributed by atoms with Crippen molar-refractivity contribution in [3.05, 3.63) is 0 Å². The number of phosphoric ester groups is 1. The lowest BCUT2D eigenvalue weighted by molar-refractivity contribution is -0.249. The van der Waals surface area contributed by atoms with E-state index in [0.717, 1.165) is 51.4 Å². The van der Waals surface area contributed by atoms with Gasteiger partial charge in [-0.3, -0.25) is 4.57 Å². The van der Waals surface area contributed by atoms with Gasteiger partial charge in [0, 0.05) is 0 Å². The maximum absolute atomic E-state index is 12.7. The lowest BCUT2D eigenvalue weighted by Gasteiger charge is -2.43. The Labute approximate surface area is 162 Å². The minimum atomic E-state index is -4.35. The second kappa shape index (κ2) is 14.1. The first-order chi connectivity index (χ1) is 11.8. The normalized spacial score (nSPS) is 12.9. The Morgan fingerprint density at radius 3 is 1.23 bits per heavy atom. The van der Waals surface area contributed by atoms with Gasteiger partial charge in [0.05, 0.1) is 11.2 Å². The Morgan fingerprint density at radius 2 is 1.00 bits per heavy atom. The Bertz CT molecular complexity index is 350. The maximum atomic E-state index is 12.7. The quantitative estimate of drug-likeness (QED) is 0.222. The van der Waals surface area contributed by atoms with Gasteiger partial charge in [0.15, 0.2) is 0 Å². The molecule has 0 saturated carbocycles. The molecule has 6 heteroatoms. The van der Waals surface area contributed by atoms with E-state index in [1.165, 1.54) is 0 Å². The van der Waals surface area contributed by atoms with Gasteiger partial charge in [-0.05, 0) is 38.5 Å². The minimum absolute atomic E-state index is 0. The molecule has 4 N–H and O–H groups in total. The summed E-state index contributed by atoms with van der Waals surface area (Å²) in [4.78, 5) is 12.7. The molecular weight excluding hydrogens is 349 g/mol. The zero-order chi connectivity index (χ0) is 19.4. The SMILES string of the molecule is CCCCCC(CC)(CC)OP(=O)([O-])OC(CC)(CC)CCCCC.[NH4+]. The van der Waals surface area contributed by atoms with Crippen LogP contribution in [-0.2, 0) is 13.6 Å². The van der Waals surface area contributed by atoms with Crippen molar-refractivity contribution in [2.45, 2.75) is 130 Å². The molecule has 0 aromatic heterocycles. The monoisotopic (exact) mass is 395 g/mol. The van der Waals surface area contributed by atoms with E-state index in [1.807, 2.05) is 27.7 Å². The first-order valence-corrected chi connectivity index (χ1v) is 12.0. The fourth-order valence-corrected chi connectivity index (χ4v) is 5.13. The van der Waals surface area contributed by atoms with Crippen molar-refractivity contribution in [3.8, 4) is 0 Å². The van der Waals surface area contributed by atoms with Gasteiger partial charge in [-0.1, -0.05) is 80.1 Å². The highest BCUT2D eigenvalue weighted by Crippen LogP contribution is 2.52.